The molecule has 1 aliphatic carbocycles. The molecule has 0 bridgehead atoms. The van der Waals surface area contributed by atoms with Crippen molar-refractivity contribution in [2.45, 2.75) is 57.6 Å². The van der Waals surface area contributed by atoms with Crippen LogP contribution in [-0.4, -0.2) is 25.7 Å². The van der Waals surface area contributed by atoms with Crippen LogP contribution in [0.5, 0.6) is 0 Å². The van der Waals surface area contributed by atoms with Crippen LogP contribution in [0, 0.1) is 11.8 Å². The van der Waals surface area contributed by atoms with Gasteiger partial charge in [0.2, 0.25) is 0 Å². The Labute approximate surface area is 105 Å². The summed E-state index contributed by atoms with van der Waals surface area (Å²) >= 11 is 0. The van der Waals surface area contributed by atoms with E-state index in [0.29, 0.717) is 18.8 Å². The quantitative estimate of drug-likeness (QED) is 0.763. The SMILES string of the molecule is CCC(C)CC(=O)C1CCCC(S(C)(=O)=O)C1. The predicted molar refractivity (Wildman–Crippen MR) is 69.7 cm³/mol. The van der Waals surface area contributed by atoms with E-state index in [2.05, 4.69) is 13.8 Å². The van der Waals surface area contributed by atoms with Crippen molar-refractivity contribution in [3.63, 3.8) is 0 Å². The minimum atomic E-state index is -2.98. The molecule has 1 fully saturated rings. The fraction of sp³-hybridized carbons (Fsp3) is 0.923. The first-order valence-corrected chi connectivity index (χ1v) is 8.51. The van der Waals surface area contributed by atoms with E-state index in [1.165, 1.54) is 6.26 Å². The van der Waals surface area contributed by atoms with Gasteiger partial charge in [-0.15, -0.1) is 0 Å². The Morgan fingerprint density at radius 1 is 1.35 bits per heavy atom. The van der Waals surface area contributed by atoms with Gasteiger partial charge >= 0.3 is 0 Å². The summed E-state index contributed by atoms with van der Waals surface area (Å²) in [7, 11) is -2.98. The molecule has 3 atom stereocenters. The second-order valence-corrected chi connectivity index (χ2v) is 7.82. The standard InChI is InChI=1S/C13H24O3S/c1-4-10(2)8-13(14)11-6-5-7-12(9-11)17(3,15)16/h10-12H,4-9H2,1-3H3. The third-order valence-electron chi connectivity index (χ3n) is 3.93. The summed E-state index contributed by atoms with van der Waals surface area (Å²) < 4.78 is 23.0. The molecule has 0 aromatic rings. The maximum absolute atomic E-state index is 12.0. The molecule has 0 aromatic carbocycles. The van der Waals surface area contributed by atoms with E-state index in [-0.39, 0.29) is 17.0 Å². The fourth-order valence-corrected chi connectivity index (χ4v) is 3.66. The predicted octanol–water partition coefficient (Wildman–Crippen LogP) is 2.60. The largest absolute Gasteiger partial charge is 0.299 e. The topological polar surface area (TPSA) is 51.2 Å². The number of sulfone groups is 1. The van der Waals surface area contributed by atoms with E-state index < -0.39 is 9.84 Å². The van der Waals surface area contributed by atoms with Crippen molar-refractivity contribution in [2.24, 2.45) is 11.8 Å². The number of Topliss-reactive ketones (excluding diaryl/α,β-unsaturated/α-hetero) is 1. The molecule has 0 aromatic heterocycles. The van der Waals surface area contributed by atoms with Gasteiger partial charge < -0.3 is 0 Å². The maximum Gasteiger partial charge on any atom is 0.150 e. The Hall–Kier alpha value is -0.380. The van der Waals surface area contributed by atoms with Crippen LogP contribution < -0.4 is 0 Å². The van der Waals surface area contributed by atoms with E-state index in [1.54, 1.807) is 0 Å². The van der Waals surface area contributed by atoms with Crippen LogP contribution in [0.2, 0.25) is 0 Å². The zero-order chi connectivity index (χ0) is 13.1. The summed E-state index contributed by atoms with van der Waals surface area (Å²) in [5.74, 6) is 0.672. The van der Waals surface area contributed by atoms with Crippen molar-refractivity contribution in [1.82, 2.24) is 0 Å². The lowest BCUT2D eigenvalue weighted by atomic mass is 9.83. The van der Waals surface area contributed by atoms with E-state index in [0.717, 1.165) is 25.7 Å². The molecule has 100 valence electrons. The number of hydrogen-bond donors (Lipinski definition) is 0. The Bertz CT molecular complexity index is 359. The first-order chi connectivity index (χ1) is 7.84. The first-order valence-electron chi connectivity index (χ1n) is 6.56. The van der Waals surface area contributed by atoms with Gasteiger partial charge in [-0.25, -0.2) is 8.42 Å². The van der Waals surface area contributed by atoms with Crippen LogP contribution in [0.1, 0.15) is 52.4 Å². The van der Waals surface area contributed by atoms with E-state index >= 15 is 0 Å². The van der Waals surface area contributed by atoms with Gasteiger partial charge in [0.1, 0.15) is 15.6 Å². The molecule has 1 aliphatic rings. The van der Waals surface area contributed by atoms with Gasteiger partial charge in [0, 0.05) is 18.6 Å². The molecule has 0 spiro atoms. The van der Waals surface area contributed by atoms with E-state index in [9.17, 15) is 13.2 Å². The normalized spacial score (nSPS) is 27.7. The second-order valence-electron chi connectivity index (χ2n) is 5.50. The molecule has 4 heteroatoms. The molecule has 0 radical (unpaired) electrons. The molecule has 0 saturated heterocycles. The van der Waals surface area contributed by atoms with Gasteiger partial charge in [-0.3, -0.25) is 4.79 Å². The molecular weight excluding hydrogens is 236 g/mol. The van der Waals surface area contributed by atoms with E-state index in [4.69, 9.17) is 0 Å². The number of rotatable bonds is 5. The van der Waals surface area contributed by atoms with Crippen molar-refractivity contribution >= 4 is 15.6 Å². The van der Waals surface area contributed by atoms with Gasteiger partial charge in [0.25, 0.3) is 0 Å². The monoisotopic (exact) mass is 260 g/mol. The highest BCUT2D eigenvalue weighted by Gasteiger charge is 2.32. The number of hydrogen-bond acceptors (Lipinski definition) is 3. The molecule has 3 nitrogen and oxygen atoms in total. The highest BCUT2D eigenvalue weighted by Crippen LogP contribution is 2.30. The van der Waals surface area contributed by atoms with Crippen LogP contribution in [0.15, 0.2) is 0 Å². The second kappa shape index (κ2) is 5.98. The summed E-state index contributed by atoms with van der Waals surface area (Å²) in [6.45, 7) is 4.16. The third kappa shape index (κ3) is 4.41. The van der Waals surface area contributed by atoms with Crippen LogP contribution in [-0.2, 0) is 14.6 Å². The molecular formula is C13H24O3S. The third-order valence-corrected chi connectivity index (χ3v) is 5.57. The van der Waals surface area contributed by atoms with Crippen LogP contribution in [0.25, 0.3) is 0 Å². The molecule has 0 heterocycles. The lowest BCUT2D eigenvalue weighted by Gasteiger charge is -2.27. The molecule has 3 unspecified atom stereocenters. The van der Waals surface area contributed by atoms with Gasteiger partial charge in [0.05, 0.1) is 5.25 Å². The average Bonchev–Trinajstić information content (AvgIpc) is 2.28. The van der Waals surface area contributed by atoms with Crippen molar-refractivity contribution in [2.75, 3.05) is 6.26 Å². The van der Waals surface area contributed by atoms with Crippen molar-refractivity contribution in [3.8, 4) is 0 Å². The lowest BCUT2D eigenvalue weighted by Crippen LogP contribution is -2.31. The summed E-state index contributed by atoms with van der Waals surface area (Å²) in [6, 6.07) is 0. The lowest BCUT2D eigenvalue weighted by molar-refractivity contribution is -0.124. The maximum atomic E-state index is 12.0. The highest BCUT2D eigenvalue weighted by molar-refractivity contribution is 7.91. The molecule has 1 rings (SSSR count). The minimum absolute atomic E-state index is 0.0162. The summed E-state index contributed by atoms with van der Waals surface area (Å²) in [5, 5.41) is -0.290. The van der Waals surface area contributed by atoms with Crippen molar-refractivity contribution < 1.29 is 13.2 Å². The number of carbonyl (C=O) groups is 1. The smallest absolute Gasteiger partial charge is 0.150 e. The zero-order valence-corrected chi connectivity index (χ0v) is 11.9. The summed E-state index contributed by atoms with van der Waals surface area (Å²) in [4.78, 5) is 12.0. The van der Waals surface area contributed by atoms with Crippen LogP contribution >= 0.6 is 0 Å². The Morgan fingerprint density at radius 2 is 2.00 bits per heavy atom. The molecule has 17 heavy (non-hydrogen) atoms. The Kier molecular flexibility index (Phi) is 5.17. The highest BCUT2D eigenvalue weighted by atomic mass is 32.2. The average molecular weight is 260 g/mol. The Balaban J connectivity index is 2.58. The van der Waals surface area contributed by atoms with Gasteiger partial charge in [0.15, 0.2) is 0 Å². The van der Waals surface area contributed by atoms with Crippen molar-refractivity contribution in [3.05, 3.63) is 0 Å². The molecule has 1 saturated carbocycles. The Morgan fingerprint density at radius 3 is 2.53 bits per heavy atom. The number of carbonyl (C=O) groups excluding carboxylic acids is 1. The zero-order valence-electron chi connectivity index (χ0n) is 11.1. The van der Waals surface area contributed by atoms with Crippen LogP contribution in [0.4, 0.5) is 0 Å². The number of ketones is 1. The first kappa shape index (κ1) is 14.7. The summed E-state index contributed by atoms with van der Waals surface area (Å²) in [6.07, 6.45) is 5.93. The van der Waals surface area contributed by atoms with Gasteiger partial charge in [-0.2, -0.15) is 0 Å². The molecule has 0 amide bonds. The minimum Gasteiger partial charge on any atom is -0.299 e. The van der Waals surface area contributed by atoms with Gasteiger partial charge in [-0.1, -0.05) is 26.7 Å². The summed E-state index contributed by atoms with van der Waals surface area (Å²) in [5.41, 5.74) is 0. The van der Waals surface area contributed by atoms with Crippen LogP contribution in [0.3, 0.4) is 0 Å². The fourth-order valence-electron chi connectivity index (χ4n) is 2.48. The molecule has 0 N–H and O–H groups in total. The van der Waals surface area contributed by atoms with Gasteiger partial charge in [-0.05, 0) is 25.2 Å². The van der Waals surface area contributed by atoms with E-state index in [1.807, 2.05) is 0 Å². The van der Waals surface area contributed by atoms with Crippen molar-refractivity contribution in [1.29, 1.82) is 0 Å². The molecule has 0 aliphatic heterocycles.